The molecule has 4 bridgehead atoms. The van der Waals surface area contributed by atoms with Crippen LogP contribution in [0.15, 0.2) is 12.2 Å². The lowest BCUT2D eigenvalue weighted by Gasteiger charge is -2.62. The minimum absolute atomic E-state index is 0.0194. The zero-order valence-electron chi connectivity index (χ0n) is 17.6. The average Bonchev–Trinajstić information content (AvgIpc) is 2.61. The first-order valence-electron chi connectivity index (χ1n) is 9.98. The second kappa shape index (κ2) is 7.59. The zero-order chi connectivity index (χ0) is 25.2. The Hall–Kier alpha value is -2.34. The van der Waals surface area contributed by atoms with E-state index in [1.807, 2.05) is 0 Å². The van der Waals surface area contributed by atoms with Gasteiger partial charge in [0.15, 0.2) is 5.60 Å². The van der Waals surface area contributed by atoms with E-state index in [1.54, 1.807) is 0 Å². The first-order chi connectivity index (χ1) is 14.8. The molecule has 4 aliphatic carbocycles. The molecule has 4 fully saturated rings. The maximum absolute atomic E-state index is 13.7. The smallest absolute Gasteiger partial charge is 0.456 e. The molecule has 6 nitrogen and oxygen atoms in total. The van der Waals surface area contributed by atoms with Gasteiger partial charge in [0.25, 0.3) is 0 Å². The summed E-state index contributed by atoms with van der Waals surface area (Å²) in [5, 5.41) is 0. The van der Waals surface area contributed by atoms with E-state index in [4.69, 9.17) is 14.2 Å². The number of rotatable bonds is 6. The van der Waals surface area contributed by atoms with Crippen molar-refractivity contribution in [2.45, 2.75) is 81.3 Å². The lowest BCUT2D eigenvalue weighted by molar-refractivity contribution is -0.308. The number of hydrogen-bond acceptors (Lipinski definition) is 6. The van der Waals surface area contributed by atoms with Crippen LogP contribution in [0.4, 0.5) is 30.7 Å². The van der Waals surface area contributed by atoms with Crippen LogP contribution in [0.1, 0.15) is 46.0 Å². The highest BCUT2D eigenvalue weighted by Gasteiger charge is 2.71. The van der Waals surface area contributed by atoms with Gasteiger partial charge in [-0.1, -0.05) is 6.58 Å². The zero-order valence-corrected chi connectivity index (χ0v) is 17.6. The molecule has 0 amide bonds. The quantitative estimate of drug-likeness (QED) is 0.241. The van der Waals surface area contributed by atoms with Gasteiger partial charge in [-0.25, -0.2) is 14.4 Å². The second-order valence-electron chi connectivity index (χ2n) is 9.24. The fourth-order valence-corrected chi connectivity index (χ4v) is 5.29. The van der Waals surface area contributed by atoms with E-state index < -0.39 is 71.5 Å². The summed E-state index contributed by atoms with van der Waals surface area (Å²) >= 11 is 0. The predicted molar refractivity (Wildman–Crippen MR) is 94.0 cm³/mol. The fraction of sp³-hybridized carbons (Fsp3) is 0.750. The minimum atomic E-state index is -6.28. The monoisotopic (exact) mass is 490 g/mol. The molecule has 0 saturated heterocycles. The number of carbonyl (C=O) groups excluding carboxylic acids is 3. The van der Waals surface area contributed by atoms with Crippen LogP contribution in [0.2, 0.25) is 0 Å². The predicted octanol–water partition coefficient (Wildman–Crippen LogP) is 4.11. The molecular weight excluding hydrogens is 469 g/mol. The molecule has 5 atom stereocenters. The molecule has 0 N–H and O–H groups in total. The molecule has 13 heteroatoms. The first kappa shape index (κ1) is 25.3. The van der Waals surface area contributed by atoms with Crippen molar-refractivity contribution in [1.29, 1.82) is 0 Å². The molecule has 0 radical (unpaired) electrons. The molecule has 186 valence electrons. The summed E-state index contributed by atoms with van der Waals surface area (Å²) < 4.78 is 107. The molecule has 0 aromatic carbocycles. The molecule has 0 heterocycles. The Kier molecular flexibility index (Phi) is 5.81. The van der Waals surface area contributed by atoms with Crippen molar-refractivity contribution in [3.8, 4) is 0 Å². The maximum Gasteiger partial charge on any atom is 0.465 e. The van der Waals surface area contributed by atoms with E-state index in [1.165, 1.54) is 6.92 Å². The number of alkyl halides is 7. The van der Waals surface area contributed by atoms with E-state index >= 15 is 0 Å². The Bertz CT molecular complexity index is 879. The highest BCUT2D eigenvalue weighted by atomic mass is 19.4. The number of carbonyl (C=O) groups is 3. The van der Waals surface area contributed by atoms with Crippen LogP contribution < -0.4 is 0 Å². The van der Waals surface area contributed by atoms with Crippen molar-refractivity contribution < 1.29 is 59.3 Å². The standard InChI is InChI=1S/C20H21F7O6/c1-9(2)13(28)32-17-5-10-4-11(7-17)12(31-14(29)16(3,21)22)18(6-10,8-17)33-15(30)19(23,24)20(25,26)27/h10-12H,1,4-8H2,2-3H3. The number of ether oxygens (including phenoxy) is 3. The Balaban J connectivity index is 2.00. The van der Waals surface area contributed by atoms with E-state index in [0.29, 0.717) is 0 Å². The molecule has 4 aliphatic rings. The van der Waals surface area contributed by atoms with Crippen molar-refractivity contribution >= 4 is 17.9 Å². The lowest BCUT2D eigenvalue weighted by Crippen LogP contribution is -2.70. The Morgan fingerprint density at radius 1 is 0.939 bits per heavy atom. The van der Waals surface area contributed by atoms with Gasteiger partial charge in [-0.3, -0.25) is 0 Å². The van der Waals surface area contributed by atoms with Gasteiger partial charge < -0.3 is 14.2 Å². The highest BCUT2D eigenvalue weighted by Crippen LogP contribution is 2.61. The van der Waals surface area contributed by atoms with Crippen molar-refractivity contribution in [2.75, 3.05) is 0 Å². The Labute approximate surface area is 183 Å². The van der Waals surface area contributed by atoms with Crippen LogP contribution >= 0.6 is 0 Å². The maximum atomic E-state index is 13.7. The molecule has 4 saturated carbocycles. The summed E-state index contributed by atoms with van der Waals surface area (Å²) in [6, 6.07) is 0. The summed E-state index contributed by atoms with van der Waals surface area (Å²) in [6.45, 7) is 4.97. The molecule has 0 aromatic heterocycles. The van der Waals surface area contributed by atoms with Gasteiger partial charge in [0.05, 0.1) is 0 Å². The summed E-state index contributed by atoms with van der Waals surface area (Å²) in [4.78, 5) is 36.0. The van der Waals surface area contributed by atoms with E-state index in [-0.39, 0.29) is 38.2 Å². The normalized spacial score (nSPS) is 33.4. The molecule has 33 heavy (non-hydrogen) atoms. The van der Waals surface area contributed by atoms with Crippen molar-refractivity contribution in [1.82, 2.24) is 0 Å². The van der Waals surface area contributed by atoms with Gasteiger partial charge in [-0.2, -0.15) is 30.7 Å². The summed E-state index contributed by atoms with van der Waals surface area (Å²) in [5.41, 5.74) is -3.77. The Morgan fingerprint density at radius 2 is 1.55 bits per heavy atom. The van der Waals surface area contributed by atoms with Gasteiger partial charge in [-0.15, -0.1) is 0 Å². The van der Waals surface area contributed by atoms with Crippen molar-refractivity contribution in [3.05, 3.63) is 12.2 Å². The molecule has 5 unspecified atom stereocenters. The molecular formula is C20H21F7O6. The van der Waals surface area contributed by atoms with Gasteiger partial charge in [0, 0.05) is 24.8 Å². The van der Waals surface area contributed by atoms with Gasteiger partial charge in [-0.05, 0) is 38.5 Å². The Morgan fingerprint density at radius 3 is 2.06 bits per heavy atom. The molecule has 0 aromatic rings. The summed E-state index contributed by atoms with van der Waals surface area (Å²) in [7, 11) is 0. The van der Waals surface area contributed by atoms with Gasteiger partial charge >= 0.3 is 35.9 Å². The van der Waals surface area contributed by atoms with Crippen LogP contribution in [-0.4, -0.2) is 53.2 Å². The molecule has 0 spiro atoms. The van der Waals surface area contributed by atoms with Gasteiger partial charge in [0.2, 0.25) is 0 Å². The van der Waals surface area contributed by atoms with Crippen LogP contribution in [0.25, 0.3) is 0 Å². The summed E-state index contributed by atoms with van der Waals surface area (Å²) in [6.07, 6.45) is -8.58. The fourth-order valence-electron chi connectivity index (χ4n) is 5.29. The minimum Gasteiger partial charge on any atom is -0.456 e. The van der Waals surface area contributed by atoms with Crippen molar-refractivity contribution in [3.63, 3.8) is 0 Å². The molecule has 4 rings (SSSR count). The average molecular weight is 490 g/mol. The van der Waals surface area contributed by atoms with Crippen LogP contribution in [0.5, 0.6) is 0 Å². The van der Waals surface area contributed by atoms with E-state index in [0.717, 1.165) is 0 Å². The number of esters is 3. The SMILES string of the molecule is C=C(C)C(=O)OC12CC3CC(C1)C(OC(=O)C(C)(F)F)C(OC(=O)C(F)(F)C(F)(F)F)(C3)C2. The summed E-state index contributed by atoms with van der Waals surface area (Å²) in [5.74, 6) is -17.1. The van der Waals surface area contributed by atoms with E-state index in [9.17, 15) is 45.1 Å². The van der Waals surface area contributed by atoms with Gasteiger partial charge in [0.1, 0.15) is 11.7 Å². The van der Waals surface area contributed by atoms with Crippen molar-refractivity contribution in [2.24, 2.45) is 11.8 Å². The second-order valence-corrected chi connectivity index (χ2v) is 9.24. The third kappa shape index (κ3) is 4.42. The van der Waals surface area contributed by atoms with Crippen LogP contribution in [0.3, 0.4) is 0 Å². The first-order valence-corrected chi connectivity index (χ1v) is 9.98. The topological polar surface area (TPSA) is 78.9 Å². The number of halogens is 7. The van der Waals surface area contributed by atoms with E-state index in [2.05, 4.69) is 6.58 Å². The highest BCUT2D eigenvalue weighted by molar-refractivity contribution is 5.87. The lowest BCUT2D eigenvalue weighted by atomic mass is 9.50. The third-order valence-electron chi connectivity index (χ3n) is 6.29. The van der Waals surface area contributed by atoms with Crippen LogP contribution in [-0.2, 0) is 28.6 Å². The largest absolute Gasteiger partial charge is 0.465 e. The number of hydrogen-bond donors (Lipinski definition) is 0. The third-order valence-corrected chi connectivity index (χ3v) is 6.29. The van der Waals surface area contributed by atoms with Crippen LogP contribution in [0, 0.1) is 11.8 Å². The molecule has 0 aliphatic heterocycles.